The Hall–Kier alpha value is -1.96. The van der Waals surface area contributed by atoms with Crippen molar-refractivity contribution in [3.8, 4) is 0 Å². The van der Waals surface area contributed by atoms with Crippen LogP contribution in [0.25, 0.3) is 0 Å². The van der Waals surface area contributed by atoms with Crippen LogP contribution >= 0.6 is 0 Å². The number of nitrogens with one attached hydrogen (secondary N) is 1. The number of carbonyl (C=O) groups excluding carboxylic acids is 2. The van der Waals surface area contributed by atoms with Gasteiger partial charge < -0.3 is 15.0 Å². The molecule has 140 valence electrons. The fourth-order valence-electron chi connectivity index (χ4n) is 3.34. The Morgan fingerprint density at radius 1 is 1.36 bits per heavy atom. The molecule has 0 spiro atoms. The number of piperidine rings is 1. The van der Waals surface area contributed by atoms with E-state index < -0.39 is 5.60 Å². The molecule has 1 atom stereocenters. The van der Waals surface area contributed by atoms with Crippen LogP contribution in [0.4, 0.5) is 0 Å². The molecule has 1 aromatic rings. The number of hydrogen-bond donors (Lipinski definition) is 1. The molecule has 2 amide bonds. The fourth-order valence-corrected chi connectivity index (χ4v) is 3.34. The van der Waals surface area contributed by atoms with Crippen molar-refractivity contribution in [2.75, 3.05) is 26.7 Å². The average Bonchev–Trinajstić information content (AvgIpc) is 2.90. The highest BCUT2D eigenvalue weighted by Gasteiger charge is 2.36. The molecule has 8 heteroatoms. The summed E-state index contributed by atoms with van der Waals surface area (Å²) in [7, 11) is 1.66. The van der Waals surface area contributed by atoms with Gasteiger partial charge in [-0.25, -0.2) is 9.67 Å². The zero-order valence-corrected chi connectivity index (χ0v) is 15.7. The van der Waals surface area contributed by atoms with E-state index >= 15 is 0 Å². The Morgan fingerprint density at radius 2 is 2.12 bits per heavy atom. The van der Waals surface area contributed by atoms with Gasteiger partial charge in [-0.1, -0.05) is 0 Å². The number of ether oxygens (including phenoxy) is 1. The average molecular weight is 351 g/mol. The van der Waals surface area contributed by atoms with Gasteiger partial charge in [-0.15, -0.1) is 0 Å². The molecule has 2 heterocycles. The maximum atomic E-state index is 12.1. The maximum absolute atomic E-state index is 12.1. The summed E-state index contributed by atoms with van der Waals surface area (Å²) < 4.78 is 7.50. The first-order chi connectivity index (χ1) is 11.8. The highest BCUT2D eigenvalue weighted by Crippen LogP contribution is 2.29. The van der Waals surface area contributed by atoms with E-state index in [0.717, 1.165) is 31.0 Å². The third-order valence-electron chi connectivity index (χ3n) is 4.83. The van der Waals surface area contributed by atoms with Gasteiger partial charge in [0.1, 0.15) is 11.6 Å². The summed E-state index contributed by atoms with van der Waals surface area (Å²) in [6.45, 7) is 7.77. The van der Waals surface area contributed by atoms with Gasteiger partial charge in [0.05, 0.1) is 12.1 Å². The number of hydrogen-bond acceptors (Lipinski definition) is 5. The molecular formula is C17H29N5O3. The Labute approximate surface area is 148 Å². The number of aryl methyl sites for hydroxylation is 2. The molecule has 1 aliphatic heterocycles. The lowest BCUT2D eigenvalue weighted by atomic mass is 9.87. The number of methoxy groups -OCH3 is 1. The van der Waals surface area contributed by atoms with Crippen LogP contribution in [-0.4, -0.2) is 63.8 Å². The molecule has 0 bridgehead atoms. The summed E-state index contributed by atoms with van der Waals surface area (Å²) in [5, 5.41) is 7.19. The smallest absolute Gasteiger partial charge is 0.220 e. The molecular weight excluding hydrogens is 322 g/mol. The van der Waals surface area contributed by atoms with Crippen molar-refractivity contribution < 1.29 is 14.3 Å². The van der Waals surface area contributed by atoms with Gasteiger partial charge in [-0.3, -0.25) is 9.59 Å². The quantitative estimate of drug-likeness (QED) is 0.785. The summed E-state index contributed by atoms with van der Waals surface area (Å²) >= 11 is 0. The number of likely N-dealkylation sites (tertiary alicyclic amines) is 1. The topological polar surface area (TPSA) is 89.3 Å². The first-order valence-corrected chi connectivity index (χ1v) is 8.81. The molecule has 8 nitrogen and oxygen atoms in total. The van der Waals surface area contributed by atoms with E-state index in [1.54, 1.807) is 23.6 Å². The van der Waals surface area contributed by atoms with E-state index in [-0.39, 0.29) is 11.8 Å². The van der Waals surface area contributed by atoms with Gasteiger partial charge in [0.2, 0.25) is 11.8 Å². The number of carbonyl (C=O) groups is 2. The molecule has 0 radical (unpaired) electrons. The van der Waals surface area contributed by atoms with E-state index in [1.807, 2.05) is 13.8 Å². The normalized spacial score (nSPS) is 20.6. The maximum Gasteiger partial charge on any atom is 0.220 e. The number of nitrogens with zero attached hydrogens (tertiary/aromatic N) is 4. The first-order valence-electron chi connectivity index (χ1n) is 8.81. The number of aromatic nitrogens is 3. The van der Waals surface area contributed by atoms with Gasteiger partial charge >= 0.3 is 0 Å². The minimum atomic E-state index is -0.416. The van der Waals surface area contributed by atoms with Gasteiger partial charge in [-0.2, -0.15) is 5.10 Å². The van der Waals surface area contributed by atoms with Crippen LogP contribution in [0.1, 0.15) is 44.3 Å². The van der Waals surface area contributed by atoms with E-state index in [0.29, 0.717) is 32.5 Å². The van der Waals surface area contributed by atoms with Crippen LogP contribution in [0.2, 0.25) is 0 Å². The van der Waals surface area contributed by atoms with Crippen LogP contribution in [0.3, 0.4) is 0 Å². The summed E-state index contributed by atoms with van der Waals surface area (Å²) in [6.07, 6.45) is 2.77. The van der Waals surface area contributed by atoms with Gasteiger partial charge in [0.15, 0.2) is 0 Å². The molecule has 0 aliphatic carbocycles. The molecule has 25 heavy (non-hydrogen) atoms. The Bertz CT molecular complexity index is 615. The van der Waals surface area contributed by atoms with E-state index in [2.05, 4.69) is 15.4 Å². The molecule has 1 saturated heterocycles. The van der Waals surface area contributed by atoms with Crippen LogP contribution < -0.4 is 5.32 Å². The molecule has 0 saturated carbocycles. The van der Waals surface area contributed by atoms with Crippen LogP contribution in [0, 0.1) is 13.8 Å². The standard InChI is InChI=1S/C17H29N5O3/c1-13-19-14(2)22(20-13)11-9-18-16(24)6-8-17(25-4)7-5-10-21(12-17)15(3)23/h5-12H2,1-4H3,(H,18,24)/t17-/m0/s1. The highest BCUT2D eigenvalue weighted by atomic mass is 16.5. The first kappa shape index (κ1) is 19.4. The predicted molar refractivity (Wildman–Crippen MR) is 93.0 cm³/mol. The minimum absolute atomic E-state index is 0.00846. The Balaban J connectivity index is 1.77. The number of rotatable bonds is 7. The second kappa shape index (κ2) is 8.42. The summed E-state index contributed by atoms with van der Waals surface area (Å²) in [5.74, 6) is 1.63. The molecule has 1 aliphatic rings. The van der Waals surface area contributed by atoms with Crippen molar-refractivity contribution in [1.82, 2.24) is 25.0 Å². The molecule has 0 unspecified atom stereocenters. The zero-order chi connectivity index (χ0) is 18.4. The predicted octanol–water partition coefficient (Wildman–Crippen LogP) is 0.819. The fraction of sp³-hybridized carbons (Fsp3) is 0.765. The van der Waals surface area contributed by atoms with E-state index in [9.17, 15) is 9.59 Å². The Morgan fingerprint density at radius 3 is 2.72 bits per heavy atom. The largest absolute Gasteiger partial charge is 0.376 e. The van der Waals surface area contributed by atoms with Crippen LogP contribution in [-0.2, 0) is 20.9 Å². The monoisotopic (exact) mass is 351 g/mol. The summed E-state index contributed by atoms with van der Waals surface area (Å²) in [5.41, 5.74) is -0.416. The van der Waals surface area contributed by atoms with E-state index in [4.69, 9.17) is 4.74 Å². The van der Waals surface area contributed by atoms with Gasteiger partial charge in [0.25, 0.3) is 0 Å². The third kappa shape index (κ3) is 5.26. The highest BCUT2D eigenvalue weighted by molar-refractivity contribution is 5.76. The van der Waals surface area contributed by atoms with E-state index in [1.165, 1.54) is 0 Å². The van der Waals surface area contributed by atoms with Crippen molar-refractivity contribution >= 4 is 11.8 Å². The second-order valence-corrected chi connectivity index (χ2v) is 6.71. The second-order valence-electron chi connectivity index (χ2n) is 6.71. The lowest BCUT2D eigenvalue weighted by Crippen LogP contribution is -2.51. The third-order valence-corrected chi connectivity index (χ3v) is 4.83. The van der Waals surface area contributed by atoms with Crippen LogP contribution in [0.15, 0.2) is 0 Å². The number of amides is 2. The molecule has 1 fully saturated rings. The van der Waals surface area contributed by atoms with Crippen molar-refractivity contribution in [1.29, 1.82) is 0 Å². The molecule has 2 rings (SSSR count). The lowest BCUT2D eigenvalue weighted by molar-refractivity contribution is -0.139. The molecule has 0 aromatic carbocycles. The lowest BCUT2D eigenvalue weighted by Gasteiger charge is -2.41. The SMILES string of the molecule is CO[C@]1(CCC(=O)NCCn2nc(C)nc2C)CCCN(C(C)=O)C1. The summed E-state index contributed by atoms with van der Waals surface area (Å²) in [6, 6.07) is 0. The van der Waals surface area contributed by atoms with Crippen molar-refractivity contribution in [3.63, 3.8) is 0 Å². The van der Waals surface area contributed by atoms with Gasteiger partial charge in [-0.05, 0) is 33.1 Å². The summed E-state index contributed by atoms with van der Waals surface area (Å²) in [4.78, 5) is 29.8. The molecule has 1 N–H and O–H groups in total. The van der Waals surface area contributed by atoms with Crippen LogP contribution in [0.5, 0.6) is 0 Å². The van der Waals surface area contributed by atoms with Crippen molar-refractivity contribution in [2.45, 2.75) is 58.6 Å². The Kier molecular flexibility index (Phi) is 6.52. The van der Waals surface area contributed by atoms with Crippen molar-refractivity contribution in [3.05, 3.63) is 11.6 Å². The van der Waals surface area contributed by atoms with Crippen molar-refractivity contribution in [2.24, 2.45) is 0 Å². The minimum Gasteiger partial charge on any atom is -0.376 e. The van der Waals surface area contributed by atoms with Gasteiger partial charge in [0, 0.05) is 40.1 Å². The zero-order valence-electron chi connectivity index (χ0n) is 15.7. The molecule has 1 aromatic heterocycles.